The second-order valence-electron chi connectivity index (χ2n) is 16.4. The van der Waals surface area contributed by atoms with Gasteiger partial charge in [-0.3, -0.25) is 19.1 Å². The first-order valence-corrected chi connectivity index (χ1v) is 21.0. The molecule has 1 spiro atoms. The van der Waals surface area contributed by atoms with Gasteiger partial charge in [0.2, 0.25) is 21.8 Å². The number of pyridine rings is 2. The topological polar surface area (TPSA) is 169 Å². The van der Waals surface area contributed by atoms with Crippen molar-refractivity contribution in [2.45, 2.75) is 119 Å². The summed E-state index contributed by atoms with van der Waals surface area (Å²) in [5.41, 5.74) is 1.07. The number of fused-ring (bicyclic) bond motifs is 5. The van der Waals surface area contributed by atoms with Crippen molar-refractivity contribution in [3.63, 3.8) is 0 Å². The number of sulfonamides is 1. The molecule has 13 nitrogen and oxygen atoms in total. The summed E-state index contributed by atoms with van der Waals surface area (Å²) < 4.78 is 40.3. The molecule has 3 fully saturated rings. The number of aryl methyl sites for hydroxylation is 3. The van der Waals surface area contributed by atoms with Gasteiger partial charge in [-0.15, -0.1) is 0 Å². The first kappa shape index (κ1) is 37.2. The fraction of sp³-hybridized carbons (Fsp3) is 0.537. The molecule has 3 aliphatic heterocycles. The molecule has 3 amide bonds. The van der Waals surface area contributed by atoms with Crippen LogP contribution < -0.4 is 24.8 Å². The number of allylic oxidation sites excluding steroid dienone is 1. The lowest BCUT2D eigenvalue weighted by atomic mass is 9.87. The first-order chi connectivity index (χ1) is 26.3. The maximum atomic E-state index is 14.9. The second kappa shape index (κ2) is 13.8. The Labute approximate surface area is 322 Å². The van der Waals surface area contributed by atoms with E-state index < -0.39 is 49.8 Å². The van der Waals surface area contributed by atoms with E-state index in [-0.39, 0.29) is 31.2 Å². The van der Waals surface area contributed by atoms with Crippen LogP contribution in [0.3, 0.4) is 0 Å². The normalized spacial score (nSPS) is 29.4. The predicted molar refractivity (Wildman–Crippen MR) is 207 cm³/mol. The fourth-order valence-corrected chi connectivity index (χ4v) is 9.91. The smallest absolute Gasteiger partial charge is 0.259 e. The Morgan fingerprint density at radius 2 is 1.91 bits per heavy atom. The van der Waals surface area contributed by atoms with Gasteiger partial charge >= 0.3 is 0 Å². The van der Waals surface area contributed by atoms with Gasteiger partial charge in [-0.1, -0.05) is 31.1 Å². The van der Waals surface area contributed by atoms with E-state index in [0.717, 1.165) is 47.7 Å². The summed E-state index contributed by atoms with van der Waals surface area (Å²) in [5, 5.41) is 7.36. The summed E-state index contributed by atoms with van der Waals surface area (Å²) in [6.07, 6.45) is 12.0. The van der Waals surface area contributed by atoms with Crippen molar-refractivity contribution in [3.05, 3.63) is 65.5 Å². The molecular formula is C41H50N6O7S. The summed E-state index contributed by atoms with van der Waals surface area (Å²) in [6.45, 7) is 5.61. The number of nitrogens with one attached hydrogen (secondary N) is 3. The maximum absolute atomic E-state index is 14.9. The Kier molecular flexibility index (Phi) is 9.33. The lowest BCUT2D eigenvalue weighted by molar-refractivity contribution is -0.140. The molecule has 8 rings (SSSR count). The molecule has 0 radical (unpaired) electrons. The quantitative estimate of drug-likeness (QED) is 0.297. The molecule has 5 heterocycles. The largest absolute Gasteiger partial charge is 0.497 e. The van der Waals surface area contributed by atoms with Crippen molar-refractivity contribution in [2.75, 3.05) is 19.0 Å². The molecule has 1 aromatic carbocycles. The van der Waals surface area contributed by atoms with Gasteiger partial charge in [-0.05, 0) is 102 Å². The van der Waals surface area contributed by atoms with E-state index >= 15 is 0 Å². The van der Waals surface area contributed by atoms with Crippen molar-refractivity contribution >= 4 is 44.5 Å². The van der Waals surface area contributed by atoms with E-state index in [1.165, 1.54) is 0 Å². The van der Waals surface area contributed by atoms with Crippen LogP contribution in [0.1, 0.15) is 88.0 Å². The molecule has 3 aromatic rings. The summed E-state index contributed by atoms with van der Waals surface area (Å²) in [7, 11) is -2.33. The number of carbonyl (C=O) groups is 3. The molecule has 14 heteroatoms. The van der Waals surface area contributed by atoms with E-state index in [0.29, 0.717) is 55.1 Å². The Balaban J connectivity index is 1.15. The average Bonchev–Trinajstić information content (AvgIpc) is 4.05. The third kappa shape index (κ3) is 6.80. The van der Waals surface area contributed by atoms with Crippen molar-refractivity contribution in [3.8, 4) is 11.5 Å². The first-order valence-electron chi connectivity index (χ1n) is 19.5. The summed E-state index contributed by atoms with van der Waals surface area (Å²) >= 11 is 0. The number of hydrogen-bond acceptors (Lipinski definition) is 10. The molecule has 2 saturated carbocycles. The number of nitrogens with zero attached hydrogens (tertiary/aromatic N) is 3. The minimum absolute atomic E-state index is 0.146. The number of ether oxygens (including phenoxy) is 2. The van der Waals surface area contributed by atoms with Gasteiger partial charge in [0.25, 0.3) is 5.91 Å². The highest BCUT2D eigenvalue weighted by molar-refractivity contribution is 7.91. The molecule has 55 heavy (non-hydrogen) atoms. The lowest BCUT2D eigenvalue weighted by Gasteiger charge is -2.37. The predicted octanol–water partition coefficient (Wildman–Crippen LogP) is 4.79. The summed E-state index contributed by atoms with van der Waals surface area (Å²) in [6, 6.07) is 7.88. The number of carbonyl (C=O) groups excluding carboxylic acids is 3. The van der Waals surface area contributed by atoms with E-state index in [9.17, 15) is 22.8 Å². The third-order valence-electron chi connectivity index (χ3n) is 12.5. The number of benzene rings is 1. The van der Waals surface area contributed by atoms with Crippen LogP contribution in [0.5, 0.6) is 11.5 Å². The SMILES string of the molecule is COc1ccc2nc(C)c3c(c2c1)CC[C@]1(C[C@H]2C(=O)N[C@]4(C(=O)NS(=O)(=O)C5(C)CC5)C[C@H]4/C=C\CCCCC[C@H](Nc4ncccc4C)C(=O)N2C1)O3. The highest BCUT2D eigenvalue weighted by Gasteiger charge is 2.64. The van der Waals surface area contributed by atoms with Crippen molar-refractivity contribution in [1.82, 2.24) is 24.9 Å². The van der Waals surface area contributed by atoms with E-state index in [1.54, 1.807) is 25.1 Å². The molecule has 3 N–H and O–H groups in total. The molecule has 292 valence electrons. The standard InChI is InChI=1S/C41H50N6O7S/c1-25-11-10-20-42-35(25)44-32-13-9-7-5-6-8-12-27-22-41(27,38(50)46-55(51,52)39(3)18-19-39)45-36(48)33-23-40(24-47(33)37(32)49)17-16-29-30-21-28(53-4)14-15-31(30)43-26(2)34(29)54-40/h8,10-12,14-15,20-21,27,32-33H,5-7,9,13,16-19,22-24H2,1-4H3,(H,42,44)(H,45,48)(H,46,50)/b12-8-/t27-,32+,33+,40-,41-/m1/s1. The number of aromatic nitrogens is 2. The molecule has 2 aliphatic carbocycles. The van der Waals surface area contributed by atoms with Crippen molar-refractivity contribution < 1.29 is 32.3 Å². The maximum Gasteiger partial charge on any atom is 0.259 e. The van der Waals surface area contributed by atoms with Crippen LogP contribution in [0, 0.1) is 19.8 Å². The zero-order valence-electron chi connectivity index (χ0n) is 31.9. The van der Waals surface area contributed by atoms with E-state index in [1.807, 2.05) is 56.3 Å². The monoisotopic (exact) mass is 770 g/mol. The Bertz CT molecular complexity index is 2210. The molecule has 1 saturated heterocycles. The minimum atomic E-state index is -3.96. The van der Waals surface area contributed by atoms with Gasteiger partial charge < -0.3 is 25.0 Å². The molecule has 0 unspecified atom stereocenters. The third-order valence-corrected chi connectivity index (χ3v) is 14.7. The number of hydrogen-bond donors (Lipinski definition) is 3. The van der Waals surface area contributed by atoms with Gasteiger partial charge in [0.1, 0.15) is 40.5 Å². The minimum Gasteiger partial charge on any atom is -0.497 e. The second-order valence-corrected chi connectivity index (χ2v) is 18.6. The average molecular weight is 771 g/mol. The highest BCUT2D eigenvalue weighted by atomic mass is 32.2. The molecule has 5 atom stereocenters. The van der Waals surface area contributed by atoms with Crippen LogP contribution in [0.4, 0.5) is 5.82 Å². The summed E-state index contributed by atoms with van der Waals surface area (Å²) in [5.74, 6) is 0.0618. The Morgan fingerprint density at radius 1 is 1.09 bits per heavy atom. The van der Waals surface area contributed by atoms with Gasteiger partial charge in [-0.25, -0.2) is 18.4 Å². The van der Waals surface area contributed by atoms with Gasteiger partial charge in [0, 0.05) is 29.5 Å². The van der Waals surface area contributed by atoms with Crippen LogP contribution in [-0.2, 0) is 30.8 Å². The fourth-order valence-electron chi connectivity index (χ4n) is 8.60. The van der Waals surface area contributed by atoms with Gasteiger partial charge in [0.05, 0.1) is 29.6 Å². The van der Waals surface area contributed by atoms with Crippen LogP contribution >= 0.6 is 0 Å². The number of anilines is 1. The van der Waals surface area contributed by atoms with E-state index in [4.69, 9.17) is 14.5 Å². The van der Waals surface area contributed by atoms with Crippen LogP contribution in [-0.4, -0.2) is 82.6 Å². The van der Waals surface area contributed by atoms with Crippen LogP contribution in [0.2, 0.25) is 0 Å². The van der Waals surface area contributed by atoms with Crippen LogP contribution in [0.15, 0.2) is 48.7 Å². The van der Waals surface area contributed by atoms with Crippen molar-refractivity contribution in [1.29, 1.82) is 0 Å². The van der Waals surface area contributed by atoms with Gasteiger partial charge in [-0.2, -0.15) is 0 Å². The molecule has 5 aliphatic rings. The zero-order chi connectivity index (χ0) is 38.8. The number of methoxy groups -OCH3 is 1. The van der Waals surface area contributed by atoms with Gasteiger partial charge in [0.15, 0.2) is 0 Å². The van der Waals surface area contributed by atoms with Crippen molar-refractivity contribution in [2.24, 2.45) is 5.92 Å². The molecule has 2 aromatic heterocycles. The van der Waals surface area contributed by atoms with E-state index in [2.05, 4.69) is 20.3 Å². The number of amides is 3. The summed E-state index contributed by atoms with van der Waals surface area (Å²) in [4.78, 5) is 54.6. The zero-order valence-corrected chi connectivity index (χ0v) is 32.8. The number of rotatable bonds is 6. The van der Waals surface area contributed by atoms with Crippen LogP contribution in [0.25, 0.3) is 10.9 Å². The Hall–Kier alpha value is -4.72. The lowest BCUT2D eigenvalue weighted by Crippen LogP contribution is -2.58. The molecular weight excluding hydrogens is 721 g/mol. The highest BCUT2D eigenvalue weighted by Crippen LogP contribution is 2.49. The Morgan fingerprint density at radius 3 is 2.67 bits per heavy atom. The molecule has 0 bridgehead atoms.